The number of amides is 1. The molecule has 20 heavy (non-hydrogen) atoms. The molecule has 0 radical (unpaired) electrons. The zero-order valence-corrected chi connectivity index (χ0v) is 10.8. The van der Waals surface area contributed by atoms with Gasteiger partial charge in [-0.05, 0) is 23.8 Å². The van der Waals surface area contributed by atoms with E-state index >= 15 is 0 Å². The van der Waals surface area contributed by atoms with Crippen LogP contribution in [0.15, 0.2) is 42.5 Å². The molecule has 0 atom stereocenters. The van der Waals surface area contributed by atoms with Crippen LogP contribution in [0, 0.1) is 0 Å². The predicted octanol–water partition coefficient (Wildman–Crippen LogP) is 1.49. The third-order valence-corrected chi connectivity index (χ3v) is 2.92. The Bertz CT molecular complexity index is 626. The van der Waals surface area contributed by atoms with Crippen LogP contribution in [-0.2, 0) is 13.1 Å². The Morgan fingerprint density at radius 1 is 1.10 bits per heavy atom. The van der Waals surface area contributed by atoms with E-state index in [1.807, 2.05) is 6.07 Å². The number of hydrogen-bond acceptors (Lipinski definition) is 4. The number of phenols is 2. The Morgan fingerprint density at radius 3 is 2.60 bits per heavy atom. The largest absolute Gasteiger partial charge is 0.508 e. The highest BCUT2D eigenvalue weighted by Gasteiger charge is 2.03. The average molecular weight is 272 g/mol. The lowest BCUT2D eigenvalue weighted by molar-refractivity contribution is 0.1000. The van der Waals surface area contributed by atoms with Gasteiger partial charge in [0.1, 0.15) is 11.5 Å². The van der Waals surface area contributed by atoms with E-state index in [4.69, 9.17) is 5.73 Å². The first-order valence-electron chi connectivity index (χ1n) is 6.16. The van der Waals surface area contributed by atoms with Crippen molar-refractivity contribution >= 4 is 5.91 Å². The minimum Gasteiger partial charge on any atom is -0.508 e. The van der Waals surface area contributed by atoms with Gasteiger partial charge >= 0.3 is 0 Å². The van der Waals surface area contributed by atoms with Crippen LogP contribution in [0.2, 0.25) is 0 Å². The Kier molecular flexibility index (Phi) is 4.22. The molecule has 0 aromatic heterocycles. The molecular formula is C15H16N2O3. The van der Waals surface area contributed by atoms with Gasteiger partial charge in [-0.25, -0.2) is 0 Å². The van der Waals surface area contributed by atoms with E-state index < -0.39 is 5.91 Å². The maximum absolute atomic E-state index is 11.1. The third kappa shape index (κ3) is 3.49. The van der Waals surface area contributed by atoms with Crippen LogP contribution in [0.4, 0.5) is 0 Å². The molecule has 2 aromatic carbocycles. The first-order valence-corrected chi connectivity index (χ1v) is 6.16. The number of aromatic hydroxyl groups is 2. The first kappa shape index (κ1) is 13.9. The van der Waals surface area contributed by atoms with Gasteiger partial charge in [-0.15, -0.1) is 0 Å². The van der Waals surface area contributed by atoms with Gasteiger partial charge in [-0.3, -0.25) is 4.79 Å². The summed E-state index contributed by atoms with van der Waals surface area (Å²) < 4.78 is 0. The molecule has 5 nitrogen and oxygen atoms in total. The normalized spacial score (nSPS) is 10.4. The van der Waals surface area contributed by atoms with Crippen LogP contribution >= 0.6 is 0 Å². The van der Waals surface area contributed by atoms with E-state index in [-0.39, 0.29) is 11.5 Å². The second-order valence-corrected chi connectivity index (χ2v) is 4.48. The molecule has 0 fully saturated rings. The molecule has 1 amide bonds. The Morgan fingerprint density at radius 2 is 1.90 bits per heavy atom. The number of carbonyl (C=O) groups excluding carboxylic acids is 1. The lowest BCUT2D eigenvalue weighted by Crippen LogP contribution is -2.15. The highest BCUT2D eigenvalue weighted by atomic mass is 16.3. The number of hydrogen-bond donors (Lipinski definition) is 4. The molecule has 2 rings (SSSR count). The SMILES string of the molecule is NC(=O)c1cccc(CNCc2ccc(O)cc2O)c1. The molecular weight excluding hydrogens is 256 g/mol. The minimum absolute atomic E-state index is 0.0282. The fourth-order valence-corrected chi connectivity index (χ4v) is 1.88. The van der Waals surface area contributed by atoms with E-state index in [2.05, 4.69) is 5.32 Å². The summed E-state index contributed by atoms with van der Waals surface area (Å²) in [6, 6.07) is 11.5. The molecule has 0 bridgehead atoms. The standard InChI is InChI=1S/C15H16N2O3/c16-15(20)11-3-1-2-10(6-11)8-17-9-12-4-5-13(18)7-14(12)19/h1-7,17-19H,8-9H2,(H2,16,20). The highest BCUT2D eigenvalue weighted by molar-refractivity contribution is 5.92. The van der Waals surface area contributed by atoms with Crippen molar-refractivity contribution in [3.63, 3.8) is 0 Å². The van der Waals surface area contributed by atoms with Crippen LogP contribution in [0.25, 0.3) is 0 Å². The van der Waals surface area contributed by atoms with Gasteiger partial charge in [0.05, 0.1) is 0 Å². The van der Waals surface area contributed by atoms with Crippen molar-refractivity contribution in [2.24, 2.45) is 5.73 Å². The van der Waals surface area contributed by atoms with Crippen molar-refractivity contribution in [1.82, 2.24) is 5.32 Å². The van der Waals surface area contributed by atoms with Gasteiger partial charge in [-0.2, -0.15) is 0 Å². The van der Waals surface area contributed by atoms with E-state index in [0.717, 1.165) is 5.56 Å². The van der Waals surface area contributed by atoms with Gasteiger partial charge in [-0.1, -0.05) is 18.2 Å². The van der Waals surface area contributed by atoms with Gasteiger partial charge in [0.15, 0.2) is 0 Å². The summed E-state index contributed by atoms with van der Waals surface area (Å²) in [5.74, 6) is -0.383. The van der Waals surface area contributed by atoms with Gasteiger partial charge in [0, 0.05) is 30.3 Å². The number of benzene rings is 2. The summed E-state index contributed by atoms with van der Waals surface area (Å²) in [7, 11) is 0. The van der Waals surface area contributed by atoms with Crippen molar-refractivity contribution in [2.45, 2.75) is 13.1 Å². The summed E-state index contributed by atoms with van der Waals surface area (Å²) >= 11 is 0. The quantitative estimate of drug-likeness (QED) is 0.663. The summed E-state index contributed by atoms with van der Waals surface area (Å²) in [4.78, 5) is 11.1. The monoisotopic (exact) mass is 272 g/mol. The molecule has 104 valence electrons. The summed E-state index contributed by atoms with van der Waals surface area (Å²) in [6.45, 7) is 0.994. The molecule has 2 aromatic rings. The van der Waals surface area contributed by atoms with Crippen LogP contribution in [0.1, 0.15) is 21.5 Å². The van der Waals surface area contributed by atoms with E-state index in [1.54, 1.807) is 24.3 Å². The molecule has 0 unspecified atom stereocenters. The Balaban J connectivity index is 1.96. The molecule has 0 aliphatic heterocycles. The van der Waals surface area contributed by atoms with Crippen LogP contribution in [-0.4, -0.2) is 16.1 Å². The lowest BCUT2D eigenvalue weighted by atomic mass is 10.1. The zero-order valence-electron chi connectivity index (χ0n) is 10.8. The zero-order chi connectivity index (χ0) is 14.5. The summed E-state index contributed by atoms with van der Waals surface area (Å²) in [5, 5.41) is 22.0. The minimum atomic E-state index is -0.456. The smallest absolute Gasteiger partial charge is 0.248 e. The molecule has 0 aliphatic carbocycles. The number of primary amides is 1. The maximum atomic E-state index is 11.1. The maximum Gasteiger partial charge on any atom is 0.248 e. The topological polar surface area (TPSA) is 95.6 Å². The van der Waals surface area contributed by atoms with Gasteiger partial charge in [0.2, 0.25) is 5.91 Å². The summed E-state index contributed by atoms with van der Waals surface area (Å²) in [5.41, 5.74) is 7.31. The van der Waals surface area contributed by atoms with Gasteiger partial charge in [0.25, 0.3) is 0 Å². The highest BCUT2D eigenvalue weighted by Crippen LogP contribution is 2.22. The number of nitrogens with one attached hydrogen (secondary N) is 1. The molecule has 5 heteroatoms. The second kappa shape index (κ2) is 6.08. The summed E-state index contributed by atoms with van der Waals surface area (Å²) in [6.07, 6.45) is 0. The van der Waals surface area contributed by atoms with Crippen LogP contribution in [0.3, 0.4) is 0 Å². The third-order valence-electron chi connectivity index (χ3n) is 2.92. The number of nitrogens with two attached hydrogens (primary N) is 1. The Labute approximate surface area is 116 Å². The van der Waals surface area contributed by atoms with E-state index in [9.17, 15) is 15.0 Å². The molecule has 0 aliphatic rings. The van der Waals surface area contributed by atoms with Crippen molar-refractivity contribution in [3.8, 4) is 11.5 Å². The predicted molar refractivity (Wildman–Crippen MR) is 75.3 cm³/mol. The molecule has 0 heterocycles. The fraction of sp³-hybridized carbons (Fsp3) is 0.133. The first-order chi connectivity index (χ1) is 9.56. The number of rotatable bonds is 5. The van der Waals surface area contributed by atoms with Crippen molar-refractivity contribution in [2.75, 3.05) is 0 Å². The molecule has 0 saturated heterocycles. The number of phenolic OH excluding ortho intramolecular Hbond substituents is 2. The molecule has 0 saturated carbocycles. The molecule has 0 spiro atoms. The van der Waals surface area contributed by atoms with Crippen LogP contribution in [0.5, 0.6) is 11.5 Å². The fourth-order valence-electron chi connectivity index (χ4n) is 1.88. The van der Waals surface area contributed by atoms with Crippen LogP contribution < -0.4 is 11.1 Å². The second-order valence-electron chi connectivity index (χ2n) is 4.48. The van der Waals surface area contributed by atoms with Gasteiger partial charge < -0.3 is 21.3 Å². The Hall–Kier alpha value is -2.53. The number of carbonyl (C=O) groups is 1. The molecule has 5 N–H and O–H groups in total. The van der Waals surface area contributed by atoms with E-state index in [1.165, 1.54) is 12.1 Å². The van der Waals surface area contributed by atoms with Crippen molar-refractivity contribution in [3.05, 3.63) is 59.2 Å². The van der Waals surface area contributed by atoms with E-state index in [0.29, 0.717) is 24.2 Å². The van der Waals surface area contributed by atoms with Crippen molar-refractivity contribution < 1.29 is 15.0 Å². The lowest BCUT2D eigenvalue weighted by Gasteiger charge is -2.08. The average Bonchev–Trinajstić information content (AvgIpc) is 2.41. The van der Waals surface area contributed by atoms with Crippen molar-refractivity contribution in [1.29, 1.82) is 0 Å².